The van der Waals surface area contributed by atoms with Gasteiger partial charge in [0.1, 0.15) is 18.0 Å². The third kappa shape index (κ3) is 4.76. The number of piperidine rings is 1. The van der Waals surface area contributed by atoms with Crippen molar-refractivity contribution in [1.29, 1.82) is 0 Å². The Hall–Kier alpha value is -2.00. The van der Waals surface area contributed by atoms with Crippen molar-refractivity contribution >= 4 is 28.3 Å². The number of nitrogens with zero attached hydrogens (tertiary/aromatic N) is 7. The van der Waals surface area contributed by atoms with Gasteiger partial charge >= 0.3 is 0 Å². The smallest absolute Gasteiger partial charge is 0.204 e. The molecule has 0 aromatic carbocycles. The highest BCUT2D eigenvalue weighted by Gasteiger charge is 2.21. The molecule has 0 amide bonds. The van der Waals surface area contributed by atoms with Crippen molar-refractivity contribution in [1.82, 2.24) is 24.2 Å². The number of likely N-dealkylation sites (tertiary alicyclic amines) is 1. The van der Waals surface area contributed by atoms with E-state index in [-0.39, 0.29) is 0 Å². The van der Waals surface area contributed by atoms with Crippen LogP contribution < -0.4 is 15.1 Å². The molecular formula is C16H26N8S. The van der Waals surface area contributed by atoms with Crippen LogP contribution in [0.2, 0.25) is 0 Å². The summed E-state index contributed by atoms with van der Waals surface area (Å²) >= 11 is 1.46. The minimum Gasteiger partial charge on any atom is -0.367 e. The van der Waals surface area contributed by atoms with Crippen molar-refractivity contribution in [2.45, 2.75) is 25.4 Å². The first-order valence-corrected chi connectivity index (χ1v) is 9.27. The van der Waals surface area contributed by atoms with Crippen molar-refractivity contribution in [2.75, 3.05) is 56.4 Å². The van der Waals surface area contributed by atoms with Gasteiger partial charge in [0.15, 0.2) is 5.82 Å². The van der Waals surface area contributed by atoms with Gasteiger partial charge in [-0.05, 0) is 12.8 Å². The zero-order valence-corrected chi connectivity index (χ0v) is 16.1. The SMILES string of the molecule is CN(C)c1cc(NC2CCN(Cc3nsc(N(C)C)n3)CC2)ncn1. The average Bonchev–Trinajstić information content (AvgIpc) is 3.06. The van der Waals surface area contributed by atoms with E-state index in [1.807, 2.05) is 44.1 Å². The molecule has 3 rings (SSSR count). The molecule has 0 atom stereocenters. The molecule has 1 fully saturated rings. The maximum absolute atomic E-state index is 4.57. The second-order valence-electron chi connectivity index (χ2n) is 6.74. The molecule has 9 heteroatoms. The average molecular weight is 363 g/mol. The first kappa shape index (κ1) is 17.8. The van der Waals surface area contributed by atoms with Crippen molar-refractivity contribution in [3.8, 4) is 0 Å². The summed E-state index contributed by atoms with van der Waals surface area (Å²) in [4.78, 5) is 19.6. The zero-order valence-electron chi connectivity index (χ0n) is 15.3. The van der Waals surface area contributed by atoms with Crippen molar-refractivity contribution in [3.05, 3.63) is 18.2 Å². The van der Waals surface area contributed by atoms with Crippen molar-refractivity contribution < 1.29 is 0 Å². The van der Waals surface area contributed by atoms with Gasteiger partial charge in [-0.2, -0.15) is 4.37 Å². The number of aromatic nitrogens is 4. The number of hydrogen-bond donors (Lipinski definition) is 1. The zero-order chi connectivity index (χ0) is 17.8. The van der Waals surface area contributed by atoms with Crippen LogP contribution in [0.3, 0.4) is 0 Å². The fourth-order valence-electron chi connectivity index (χ4n) is 2.81. The molecule has 0 saturated carbocycles. The van der Waals surface area contributed by atoms with Crippen LogP contribution in [0.15, 0.2) is 12.4 Å². The first-order chi connectivity index (χ1) is 12.0. The van der Waals surface area contributed by atoms with Crippen LogP contribution in [-0.2, 0) is 6.54 Å². The highest BCUT2D eigenvalue weighted by atomic mass is 32.1. The third-order valence-corrected chi connectivity index (χ3v) is 5.18. The number of hydrogen-bond acceptors (Lipinski definition) is 9. The van der Waals surface area contributed by atoms with E-state index < -0.39 is 0 Å². The molecule has 25 heavy (non-hydrogen) atoms. The lowest BCUT2D eigenvalue weighted by atomic mass is 10.1. The summed E-state index contributed by atoms with van der Waals surface area (Å²) in [5.74, 6) is 2.74. The maximum Gasteiger partial charge on any atom is 0.204 e. The molecule has 3 heterocycles. The topological polar surface area (TPSA) is 73.3 Å². The highest BCUT2D eigenvalue weighted by molar-refractivity contribution is 7.09. The minimum atomic E-state index is 0.446. The molecule has 2 aromatic heterocycles. The highest BCUT2D eigenvalue weighted by Crippen LogP contribution is 2.20. The summed E-state index contributed by atoms with van der Waals surface area (Å²) in [6, 6.07) is 2.44. The van der Waals surface area contributed by atoms with Crippen LogP contribution in [-0.4, -0.2) is 71.5 Å². The van der Waals surface area contributed by atoms with Gasteiger partial charge in [0.25, 0.3) is 0 Å². The van der Waals surface area contributed by atoms with Gasteiger partial charge in [-0.25, -0.2) is 15.0 Å². The summed E-state index contributed by atoms with van der Waals surface area (Å²) in [7, 11) is 7.96. The molecule has 0 spiro atoms. The summed E-state index contributed by atoms with van der Waals surface area (Å²) < 4.78 is 4.45. The monoisotopic (exact) mass is 362 g/mol. The van der Waals surface area contributed by atoms with E-state index in [1.165, 1.54) is 11.5 Å². The molecule has 0 unspecified atom stereocenters. The van der Waals surface area contributed by atoms with E-state index in [0.717, 1.165) is 55.1 Å². The van der Waals surface area contributed by atoms with E-state index >= 15 is 0 Å². The van der Waals surface area contributed by atoms with Gasteiger partial charge in [-0.3, -0.25) is 4.90 Å². The van der Waals surface area contributed by atoms with E-state index in [1.54, 1.807) is 6.33 Å². The molecule has 8 nitrogen and oxygen atoms in total. The normalized spacial score (nSPS) is 16.0. The molecule has 0 radical (unpaired) electrons. The van der Waals surface area contributed by atoms with Crippen molar-refractivity contribution in [3.63, 3.8) is 0 Å². The Morgan fingerprint density at radius 1 is 1.16 bits per heavy atom. The minimum absolute atomic E-state index is 0.446. The molecule has 0 bridgehead atoms. The predicted molar refractivity (Wildman–Crippen MR) is 103 cm³/mol. The van der Waals surface area contributed by atoms with E-state index in [2.05, 4.69) is 29.5 Å². The van der Waals surface area contributed by atoms with Gasteiger partial charge < -0.3 is 15.1 Å². The fourth-order valence-corrected chi connectivity index (χ4v) is 3.40. The van der Waals surface area contributed by atoms with Crippen LogP contribution in [0.5, 0.6) is 0 Å². The predicted octanol–water partition coefficient (Wildman–Crippen LogP) is 1.54. The first-order valence-electron chi connectivity index (χ1n) is 8.49. The number of rotatable bonds is 6. The maximum atomic E-state index is 4.57. The summed E-state index contributed by atoms with van der Waals surface area (Å²) in [5, 5.41) is 4.50. The summed E-state index contributed by atoms with van der Waals surface area (Å²) in [6.45, 7) is 2.91. The molecule has 2 aromatic rings. The number of anilines is 3. The molecular weight excluding hydrogens is 336 g/mol. The molecule has 1 N–H and O–H groups in total. The third-order valence-electron chi connectivity index (χ3n) is 4.26. The standard InChI is InChI=1S/C16H26N8S/c1-22(2)15-9-13(17-11-18-15)19-12-5-7-24(8-6-12)10-14-20-16(23(3)4)25-21-14/h9,11-12H,5-8,10H2,1-4H3,(H,17,18,19). The van der Waals surface area contributed by atoms with Crippen LogP contribution in [0.25, 0.3) is 0 Å². The van der Waals surface area contributed by atoms with Crippen LogP contribution in [0, 0.1) is 0 Å². The van der Waals surface area contributed by atoms with Crippen LogP contribution in [0.1, 0.15) is 18.7 Å². The van der Waals surface area contributed by atoms with E-state index in [4.69, 9.17) is 0 Å². The van der Waals surface area contributed by atoms with Gasteiger partial charge in [-0.1, -0.05) is 0 Å². The molecule has 1 aliphatic heterocycles. The summed E-state index contributed by atoms with van der Waals surface area (Å²) in [5.41, 5.74) is 0. The Bertz CT molecular complexity index is 678. The van der Waals surface area contributed by atoms with Crippen LogP contribution in [0.4, 0.5) is 16.8 Å². The lowest BCUT2D eigenvalue weighted by Gasteiger charge is -2.31. The largest absolute Gasteiger partial charge is 0.367 e. The van der Waals surface area contributed by atoms with Crippen LogP contribution >= 0.6 is 11.5 Å². The molecule has 0 aliphatic carbocycles. The Morgan fingerprint density at radius 2 is 1.92 bits per heavy atom. The second-order valence-corrected chi connectivity index (χ2v) is 7.47. The Labute approximate surface area is 153 Å². The molecule has 1 saturated heterocycles. The van der Waals surface area contributed by atoms with Gasteiger partial charge in [0.05, 0.1) is 6.54 Å². The molecule has 1 aliphatic rings. The Balaban J connectivity index is 1.49. The fraction of sp³-hybridized carbons (Fsp3) is 0.625. The van der Waals surface area contributed by atoms with E-state index in [9.17, 15) is 0 Å². The second kappa shape index (κ2) is 7.92. The number of nitrogens with one attached hydrogen (secondary N) is 1. The Morgan fingerprint density at radius 3 is 2.56 bits per heavy atom. The van der Waals surface area contributed by atoms with Gasteiger partial charge in [0.2, 0.25) is 5.13 Å². The Kier molecular flexibility index (Phi) is 5.64. The lowest BCUT2D eigenvalue weighted by molar-refractivity contribution is 0.207. The van der Waals surface area contributed by atoms with Crippen molar-refractivity contribution in [2.24, 2.45) is 0 Å². The van der Waals surface area contributed by atoms with Gasteiger partial charge in [-0.15, -0.1) is 0 Å². The quantitative estimate of drug-likeness (QED) is 0.829. The molecule has 136 valence electrons. The lowest BCUT2D eigenvalue weighted by Crippen LogP contribution is -2.39. The van der Waals surface area contributed by atoms with E-state index in [0.29, 0.717) is 6.04 Å². The van der Waals surface area contributed by atoms with Gasteiger partial charge in [0, 0.05) is 64.9 Å². The summed E-state index contributed by atoms with van der Waals surface area (Å²) in [6.07, 6.45) is 3.79.